The normalized spacial score (nSPS) is 16.1. The molecule has 0 bridgehead atoms. The van der Waals surface area contributed by atoms with Gasteiger partial charge in [0.25, 0.3) is 0 Å². The third kappa shape index (κ3) is 2.72. The average Bonchev–Trinajstić information content (AvgIpc) is 3.18. The van der Waals surface area contributed by atoms with E-state index in [0.29, 0.717) is 5.71 Å². The SMILES string of the molecule is Cc1ccc2c(oc3ncccc32)c1N1C[C@@H](C)N(c2ccccc2)c2ccccc21. The molecule has 152 valence electrons. The highest BCUT2D eigenvalue weighted by Crippen LogP contribution is 2.46. The minimum absolute atomic E-state index is 0.287. The van der Waals surface area contributed by atoms with Crippen molar-refractivity contribution < 1.29 is 4.42 Å². The van der Waals surface area contributed by atoms with Crippen molar-refractivity contribution in [2.75, 3.05) is 16.3 Å². The number of nitrogens with zero attached hydrogens (tertiary/aromatic N) is 3. The lowest BCUT2D eigenvalue weighted by Gasteiger charge is -2.43. The predicted octanol–water partition coefficient (Wildman–Crippen LogP) is 6.97. The van der Waals surface area contributed by atoms with Crippen molar-refractivity contribution in [3.8, 4) is 0 Å². The Kier molecular flexibility index (Phi) is 4.00. The number of rotatable bonds is 2. The van der Waals surface area contributed by atoms with Gasteiger partial charge in [-0.2, -0.15) is 0 Å². The maximum absolute atomic E-state index is 6.31. The van der Waals surface area contributed by atoms with Crippen molar-refractivity contribution >= 4 is 44.8 Å². The number of para-hydroxylation sites is 3. The number of furan rings is 1. The summed E-state index contributed by atoms with van der Waals surface area (Å²) in [6.45, 7) is 5.30. The Hall–Kier alpha value is -3.79. The molecule has 5 aromatic rings. The molecule has 4 heteroatoms. The molecule has 1 aliphatic rings. The molecule has 1 atom stereocenters. The third-order valence-corrected chi connectivity index (χ3v) is 6.22. The summed E-state index contributed by atoms with van der Waals surface area (Å²) in [5, 5.41) is 2.17. The van der Waals surface area contributed by atoms with Crippen molar-refractivity contribution in [2.24, 2.45) is 0 Å². The Morgan fingerprint density at radius 1 is 0.839 bits per heavy atom. The van der Waals surface area contributed by atoms with Gasteiger partial charge < -0.3 is 14.2 Å². The molecule has 4 nitrogen and oxygen atoms in total. The van der Waals surface area contributed by atoms with Crippen LogP contribution in [0, 0.1) is 6.92 Å². The van der Waals surface area contributed by atoms with Crippen molar-refractivity contribution in [1.29, 1.82) is 0 Å². The Morgan fingerprint density at radius 2 is 1.61 bits per heavy atom. The molecular weight excluding hydrogens is 382 g/mol. The van der Waals surface area contributed by atoms with Crippen molar-refractivity contribution in [1.82, 2.24) is 4.98 Å². The average molecular weight is 406 g/mol. The molecule has 1 aliphatic heterocycles. The van der Waals surface area contributed by atoms with Gasteiger partial charge in [0.15, 0.2) is 5.58 Å². The van der Waals surface area contributed by atoms with E-state index in [1.54, 1.807) is 6.20 Å². The zero-order valence-electron chi connectivity index (χ0n) is 17.6. The van der Waals surface area contributed by atoms with E-state index < -0.39 is 0 Å². The van der Waals surface area contributed by atoms with Gasteiger partial charge in [0.2, 0.25) is 5.71 Å². The maximum Gasteiger partial charge on any atom is 0.227 e. The molecule has 0 spiro atoms. The highest BCUT2D eigenvalue weighted by atomic mass is 16.3. The molecule has 2 aromatic heterocycles. The second-order valence-corrected chi connectivity index (χ2v) is 8.22. The topological polar surface area (TPSA) is 32.5 Å². The summed E-state index contributed by atoms with van der Waals surface area (Å²) in [4.78, 5) is 9.30. The van der Waals surface area contributed by atoms with Crippen LogP contribution in [0.1, 0.15) is 12.5 Å². The van der Waals surface area contributed by atoms with Crippen molar-refractivity contribution in [2.45, 2.75) is 19.9 Å². The number of pyridine rings is 1. The second-order valence-electron chi connectivity index (χ2n) is 8.22. The number of aromatic nitrogens is 1. The highest BCUT2D eigenvalue weighted by molar-refractivity contribution is 6.09. The summed E-state index contributed by atoms with van der Waals surface area (Å²) in [5.41, 5.74) is 7.53. The van der Waals surface area contributed by atoms with Gasteiger partial charge >= 0.3 is 0 Å². The van der Waals surface area contributed by atoms with Crippen LogP contribution in [-0.2, 0) is 0 Å². The van der Waals surface area contributed by atoms with E-state index in [9.17, 15) is 0 Å². The predicted molar refractivity (Wildman–Crippen MR) is 128 cm³/mol. The summed E-state index contributed by atoms with van der Waals surface area (Å²) in [6, 6.07) is 27.9. The Morgan fingerprint density at radius 3 is 2.45 bits per heavy atom. The Balaban J connectivity index is 1.59. The number of hydrogen-bond acceptors (Lipinski definition) is 4. The van der Waals surface area contributed by atoms with E-state index in [4.69, 9.17) is 4.42 Å². The molecule has 31 heavy (non-hydrogen) atoms. The van der Waals surface area contributed by atoms with Gasteiger partial charge in [-0.15, -0.1) is 0 Å². The van der Waals surface area contributed by atoms with Gasteiger partial charge in [-0.1, -0.05) is 42.5 Å². The fourth-order valence-electron chi connectivity index (χ4n) is 4.87. The molecule has 0 amide bonds. The molecule has 0 N–H and O–H groups in total. The monoisotopic (exact) mass is 405 g/mol. The van der Waals surface area contributed by atoms with Crippen LogP contribution in [0.3, 0.4) is 0 Å². The van der Waals surface area contributed by atoms with E-state index >= 15 is 0 Å². The summed E-state index contributed by atoms with van der Waals surface area (Å²) in [6.07, 6.45) is 1.78. The summed E-state index contributed by atoms with van der Waals surface area (Å²) >= 11 is 0. The van der Waals surface area contributed by atoms with Crippen LogP contribution in [0.15, 0.2) is 89.5 Å². The third-order valence-electron chi connectivity index (χ3n) is 6.22. The van der Waals surface area contributed by atoms with Gasteiger partial charge in [-0.05, 0) is 55.8 Å². The van der Waals surface area contributed by atoms with Gasteiger partial charge in [0.1, 0.15) is 0 Å². The molecule has 0 fully saturated rings. The molecule has 0 radical (unpaired) electrons. The van der Waals surface area contributed by atoms with E-state index in [2.05, 4.69) is 101 Å². The van der Waals surface area contributed by atoms with Crippen molar-refractivity contribution in [3.63, 3.8) is 0 Å². The van der Waals surface area contributed by atoms with Gasteiger partial charge in [0, 0.05) is 35.2 Å². The lowest BCUT2D eigenvalue weighted by atomic mass is 10.0. The molecule has 6 rings (SSSR count). The first-order valence-corrected chi connectivity index (χ1v) is 10.7. The Labute approximate surface area is 181 Å². The van der Waals surface area contributed by atoms with E-state index in [-0.39, 0.29) is 6.04 Å². The minimum Gasteiger partial charge on any atom is -0.435 e. The van der Waals surface area contributed by atoms with Crippen LogP contribution < -0.4 is 9.80 Å². The number of hydrogen-bond donors (Lipinski definition) is 0. The summed E-state index contributed by atoms with van der Waals surface area (Å²) in [5.74, 6) is 0. The van der Waals surface area contributed by atoms with Crippen LogP contribution in [0.2, 0.25) is 0 Å². The quantitative estimate of drug-likeness (QED) is 0.317. The van der Waals surface area contributed by atoms with E-state index in [1.807, 2.05) is 6.07 Å². The Bertz CT molecular complexity index is 1410. The van der Waals surface area contributed by atoms with Gasteiger partial charge in [-0.3, -0.25) is 0 Å². The maximum atomic E-state index is 6.31. The fraction of sp³-hybridized carbons (Fsp3) is 0.148. The summed E-state index contributed by atoms with van der Waals surface area (Å²) < 4.78 is 6.31. The molecule has 0 aliphatic carbocycles. The number of fused-ring (bicyclic) bond motifs is 4. The number of anilines is 4. The molecule has 0 saturated heterocycles. The lowest BCUT2D eigenvalue weighted by molar-refractivity contribution is 0.645. The van der Waals surface area contributed by atoms with Crippen LogP contribution in [0.5, 0.6) is 0 Å². The smallest absolute Gasteiger partial charge is 0.227 e. The van der Waals surface area contributed by atoms with Gasteiger partial charge in [-0.25, -0.2) is 4.98 Å². The zero-order chi connectivity index (χ0) is 20.9. The first-order valence-electron chi connectivity index (χ1n) is 10.7. The highest BCUT2D eigenvalue weighted by Gasteiger charge is 2.32. The standard InChI is InChI=1S/C27H23N3O/c1-18-14-15-21-22-11-8-16-28-27(22)31-26(21)25(18)29-17-19(2)30(20-9-4-3-5-10-20)24-13-7-6-12-23(24)29/h3-16,19H,17H2,1-2H3/t19-/m1/s1. The molecule has 3 heterocycles. The zero-order valence-corrected chi connectivity index (χ0v) is 17.6. The molecule has 0 saturated carbocycles. The van der Waals surface area contributed by atoms with Crippen molar-refractivity contribution in [3.05, 3.63) is 90.6 Å². The largest absolute Gasteiger partial charge is 0.435 e. The van der Waals surface area contributed by atoms with E-state index in [1.165, 1.54) is 22.6 Å². The fourth-order valence-corrected chi connectivity index (χ4v) is 4.87. The van der Waals surface area contributed by atoms with Crippen LogP contribution >= 0.6 is 0 Å². The second kappa shape index (κ2) is 6.88. The van der Waals surface area contributed by atoms with Crippen LogP contribution in [0.25, 0.3) is 22.1 Å². The first-order chi connectivity index (χ1) is 15.2. The van der Waals surface area contributed by atoms with Crippen LogP contribution in [-0.4, -0.2) is 17.6 Å². The molecule has 0 unspecified atom stereocenters. The number of benzene rings is 3. The number of aryl methyl sites for hydroxylation is 1. The minimum atomic E-state index is 0.287. The summed E-state index contributed by atoms with van der Waals surface area (Å²) in [7, 11) is 0. The van der Waals surface area contributed by atoms with E-state index in [0.717, 1.165) is 28.6 Å². The lowest BCUT2D eigenvalue weighted by Crippen LogP contribution is -2.43. The van der Waals surface area contributed by atoms with Gasteiger partial charge in [0.05, 0.1) is 17.1 Å². The first kappa shape index (κ1) is 18.0. The van der Waals surface area contributed by atoms with Crippen LogP contribution in [0.4, 0.5) is 22.7 Å². The molecule has 3 aromatic carbocycles. The molecular formula is C27H23N3O.